The number of likely N-dealkylation sites (tertiary alicyclic amines) is 1. The third kappa shape index (κ3) is 5.81. The molecule has 8 heteroatoms. The molecule has 0 aromatic heterocycles. The number of aliphatic carboxylic acids is 1. The predicted octanol–water partition coefficient (Wildman–Crippen LogP) is 5.19. The summed E-state index contributed by atoms with van der Waals surface area (Å²) >= 11 is 0. The molecule has 1 N–H and O–H groups in total. The molecule has 0 saturated carbocycles. The number of carboxylic acid groups (broad SMARTS) is 1. The molecule has 2 atom stereocenters. The first kappa shape index (κ1) is 27.1. The Morgan fingerprint density at radius 3 is 2.05 bits per heavy atom. The van der Waals surface area contributed by atoms with Crippen molar-refractivity contribution in [3.63, 3.8) is 0 Å². The van der Waals surface area contributed by atoms with E-state index in [1.165, 1.54) is 0 Å². The molecule has 1 fully saturated rings. The van der Waals surface area contributed by atoms with Gasteiger partial charge in [-0.15, -0.1) is 0 Å². The Morgan fingerprint density at radius 2 is 1.50 bits per heavy atom. The van der Waals surface area contributed by atoms with E-state index in [4.69, 9.17) is 23.7 Å². The lowest BCUT2D eigenvalue weighted by Gasteiger charge is -2.38. The zero-order chi connectivity index (χ0) is 27.1. The van der Waals surface area contributed by atoms with Gasteiger partial charge in [0.05, 0.1) is 46.0 Å². The van der Waals surface area contributed by atoms with Gasteiger partial charge in [0, 0.05) is 6.54 Å². The van der Waals surface area contributed by atoms with Crippen molar-refractivity contribution >= 4 is 5.97 Å². The molecular formula is C30H35NO7. The Bertz CT molecular complexity index is 1180. The number of methoxy groups -OCH3 is 4. The van der Waals surface area contributed by atoms with Crippen molar-refractivity contribution < 1.29 is 33.6 Å². The van der Waals surface area contributed by atoms with E-state index in [1.807, 2.05) is 60.7 Å². The lowest BCUT2D eigenvalue weighted by molar-refractivity contribution is -0.143. The summed E-state index contributed by atoms with van der Waals surface area (Å²) in [6.45, 7) is 1.45. The Hall–Kier alpha value is -3.91. The second-order valence-corrected chi connectivity index (χ2v) is 9.18. The van der Waals surface area contributed by atoms with Crippen molar-refractivity contribution in [1.29, 1.82) is 0 Å². The number of carbonyl (C=O) groups is 1. The van der Waals surface area contributed by atoms with E-state index >= 15 is 0 Å². The summed E-state index contributed by atoms with van der Waals surface area (Å²) in [6.07, 6.45) is 1.40. The van der Waals surface area contributed by atoms with Crippen molar-refractivity contribution in [1.82, 2.24) is 4.90 Å². The Morgan fingerprint density at radius 1 is 0.895 bits per heavy atom. The van der Waals surface area contributed by atoms with Crippen LogP contribution in [0.4, 0.5) is 0 Å². The van der Waals surface area contributed by atoms with Crippen molar-refractivity contribution in [3.05, 3.63) is 77.4 Å². The molecule has 0 radical (unpaired) electrons. The second kappa shape index (κ2) is 12.6. The highest BCUT2D eigenvalue weighted by Crippen LogP contribution is 2.47. The monoisotopic (exact) mass is 521 g/mol. The van der Waals surface area contributed by atoms with Crippen LogP contribution in [0.25, 0.3) is 0 Å². The molecule has 3 aromatic carbocycles. The largest absolute Gasteiger partial charge is 0.496 e. The maximum Gasteiger partial charge on any atom is 0.307 e. The minimum Gasteiger partial charge on any atom is -0.496 e. The molecule has 0 amide bonds. The van der Waals surface area contributed by atoms with Gasteiger partial charge in [-0.2, -0.15) is 0 Å². The SMILES string of the molecule is COc1cc(C(c2c(OC)cccc2OC)N2CCCC(C(=O)O)C2)cc(OC)c1OCc1ccccc1. The van der Waals surface area contributed by atoms with E-state index in [-0.39, 0.29) is 6.04 Å². The average Bonchev–Trinajstić information content (AvgIpc) is 2.96. The van der Waals surface area contributed by atoms with Gasteiger partial charge in [-0.25, -0.2) is 0 Å². The van der Waals surface area contributed by atoms with E-state index in [1.54, 1.807) is 28.4 Å². The summed E-state index contributed by atoms with van der Waals surface area (Å²) in [5, 5.41) is 9.80. The lowest BCUT2D eigenvalue weighted by Crippen LogP contribution is -2.41. The first-order valence-corrected chi connectivity index (χ1v) is 12.6. The zero-order valence-electron chi connectivity index (χ0n) is 22.3. The van der Waals surface area contributed by atoms with Gasteiger partial charge in [0.25, 0.3) is 0 Å². The molecule has 3 aromatic rings. The van der Waals surface area contributed by atoms with Gasteiger partial charge >= 0.3 is 5.97 Å². The molecule has 202 valence electrons. The highest BCUT2D eigenvalue weighted by atomic mass is 16.5. The van der Waals surface area contributed by atoms with Crippen LogP contribution in [0, 0.1) is 5.92 Å². The first-order valence-electron chi connectivity index (χ1n) is 12.6. The van der Waals surface area contributed by atoms with Crippen LogP contribution in [0.2, 0.25) is 0 Å². The number of rotatable bonds is 11. The molecule has 2 unspecified atom stereocenters. The minimum atomic E-state index is -0.791. The lowest BCUT2D eigenvalue weighted by atomic mass is 9.90. The summed E-state index contributed by atoms with van der Waals surface area (Å²) in [6, 6.07) is 19.0. The smallest absolute Gasteiger partial charge is 0.307 e. The normalized spacial score (nSPS) is 16.4. The van der Waals surface area contributed by atoms with Gasteiger partial charge < -0.3 is 28.8 Å². The number of hydrogen-bond donors (Lipinski definition) is 1. The summed E-state index contributed by atoms with van der Waals surface area (Å²) in [5.41, 5.74) is 2.68. The quantitative estimate of drug-likeness (QED) is 0.369. The van der Waals surface area contributed by atoms with Crippen LogP contribution in [0.15, 0.2) is 60.7 Å². The molecular weight excluding hydrogens is 486 g/mol. The number of carboxylic acids is 1. The van der Waals surface area contributed by atoms with Gasteiger partial charge in [0.1, 0.15) is 18.1 Å². The topological polar surface area (TPSA) is 86.7 Å². The van der Waals surface area contributed by atoms with Crippen molar-refractivity contribution in [2.24, 2.45) is 5.92 Å². The molecule has 0 aliphatic carbocycles. The Labute approximate surface area is 223 Å². The third-order valence-electron chi connectivity index (χ3n) is 6.93. The summed E-state index contributed by atoms with van der Waals surface area (Å²) < 4.78 is 29.3. The van der Waals surface area contributed by atoms with E-state index in [2.05, 4.69) is 4.90 Å². The van der Waals surface area contributed by atoms with Crippen LogP contribution < -0.4 is 23.7 Å². The maximum atomic E-state index is 11.9. The number of nitrogens with zero attached hydrogens (tertiary/aromatic N) is 1. The van der Waals surface area contributed by atoms with Gasteiger partial charge in [0.15, 0.2) is 11.5 Å². The number of piperidine rings is 1. The fraction of sp³-hybridized carbons (Fsp3) is 0.367. The van der Waals surface area contributed by atoms with Crippen LogP contribution in [-0.4, -0.2) is 57.5 Å². The molecule has 4 rings (SSSR count). The molecule has 1 heterocycles. The van der Waals surface area contributed by atoms with Crippen molar-refractivity contribution in [2.75, 3.05) is 41.5 Å². The van der Waals surface area contributed by atoms with Crippen LogP contribution in [-0.2, 0) is 11.4 Å². The third-order valence-corrected chi connectivity index (χ3v) is 6.93. The van der Waals surface area contributed by atoms with E-state index in [0.29, 0.717) is 54.9 Å². The predicted molar refractivity (Wildman–Crippen MR) is 144 cm³/mol. The van der Waals surface area contributed by atoms with Crippen LogP contribution >= 0.6 is 0 Å². The molecule has 1 aliphatic rings. The number of benzene rings is 3. The standard InChI is InChI=1S/C30H35NO7/c1-34-23-13-8-14-24(35-2)27(23)28(31-15-9-12-21(18-31)30(32)33)22-16-25(36-3)29(26(17-22)37-4)38-19-20-10-6-5-7-11-20/h5-8,10-11,13-14,16-17,21,28H,9,12,15,18-19H2,1-4H3,(H,32,33). The molecule has 1 saturated heterocycles. The highest BCUT2D eigenvalue weighted by molar-refractivity contribution is 5.70. The fourth-order valence-corrected chi connectivity index (χ4v) is 5.08. The van der Waals surface area contributed by atoms with Gasteiger partial charge in [0.2, 0.25) is 5.75 Å². The number of ether oxygens (including phenoxy) is 5. The van der Waals surface area contributed by atoms with E-state index in [9.17, 15) is 9.90 Å². The molecule has 38 heavy (non-hydrogen) atoms. The van der Waals surface area contributed by atoms with Gasteiger partial charge in [-0.3, -0.25) is 9.69 Å². The fourth-order valence-electron chi connectivity index (χ4n) is 5.08. The average molecular weight is 522 g/mol. The summed E-state index contributed by atoms with van der Waals surface area (Å²) in [7, 11) is 6.42. The van der Waals surface area contributed by atoms with Crippen LogP contribution in [0.3, 0.4) is 0 Å². The minimum absolute atomic E-state index is 0.350. The van der Waals surface area contributed by atoms with Crippen molar-refractivity contribution in [3.8, 4) is 28.7 Å². The van der Waals surface area contributed by atoms with Crippen molar-refractivity contribution in [2.45, 2.75) is 25.5 Å². The first-order chi connectivity index (χ1) is 18.5. The van der Waals surface area contributed by atoms with E-state index in [0.717, 1.165) is 23.1 Å². The molecule has 8 nitrogen and oxygen atoms in total. The number of hydrogen-bond acceptors (Lipinski definition) is 7. The van der Waals surface area contributed by atoms with Crippen LogP contribution in [0.5, 0.6) is 28.7 Å². The Balaban J connectivity index is 1.83. The molecule has 0 spiro atoms. The van der Waals surface area contributed by atoms with E-state index < -0.39 is 11.9 Å². The summed E-state index contributed by atoms with van der Waals surface area (Å²) in [5.74, 6) is 1.56. The highest BCUT2D eigenvalue weighted by Gasteiger charge is 2.35. The molecule has 1 aliphatic heterocycles. The zero-order valence-corrected chi connectivity index (χ0v) is 22.3. The summed E-state index contributed by atoms with van der Waals surface area (Å²) in [4.78, 5) is 14.1. The van der Waals surface area contributed by atoms with Gasteiger partial charge in [-0.1, -0.05) is 36.4 Å². The van der Waals surface area contributed by atoms with Crippen LogP contribution in [0.1, 0.15) is 35.6 Å². The Kier molecular flexibility index (Phi) is 8.97. The van der Waals surface area contributed by atoms with Gasteiger partial charge in [-0.05, 0) is 54.8 Å². The molecule has 0 bridgehead atoms. The second-order valence-electron chi connectivity index (χ2n) is 9.18. The maximum absolute atomic E-state index is 11.9.